The monoisotopic (exact) mass is 241 g/mol. The van der Waals surface area contributed by atoms with E-state index in [0.29, 0.717) is 6.61 Å². The van der Waals surface area contributed by atoms with Crippen molar-refractivity contribution in [1.82, 2.24) is 0 Å². The van der Waals surface area contributed by atoms with Crippen LogP contribution in [0.2, 0.25) is 0 Å². The molecule has 0 spiro atoms. The van der Waals surface area contributed by atoms with Crippen molar-refractivity contribution in [3.05, 3.63) is 59.7 Å². The van der Waals surface area contributed by atoms with E-state index in [1.54, 1.807) is 0 Å². The van der Waals surface area contributed by atoms with Crippen LogP contribution in [-0.2, 0) is 6.54 Å². The average molecular weight is 241 g/mol. The topological polar surface area (TPSA) is 21.3 Å². The maximum Gasteiger partial charge on any atom is 0.119 e. The van der Waals surface area contributed by atoms with Gasteiger partial charge in [0.25, 0.3) is 0 Å². The quantitative estimate of drug-likeness (QED) is 0.854. The average Bonchev–Trinajstić information content (AvgIpc) is 2.38. The number of anilines is 1. The molecule has 0 unspecified atom stereocenters. The van der Waals surface area contributed by atoms with E-state index in [9.17, 15) is 0 Å². The van der Waals surface area contributed by atoms with Crippen LogP contribution in [0.25, 0.3) is 0 Å². The Morgan fingerprint density at radius 1 is 1.06 bits per heavy atom. The first-order chi connectivity index (χ1) is 8.78. The third-order valence-electron chi connectivity index (χ3n) is 2.75. The van der Waals surface area contributed by atoms with Gasteiger partial charge in [0.05, 0.1) is 6.61 Å². The van der Waals surface area contributed by atoms with E-state index in [4.69, 9.17) is 4.74 Å². The predicted octanol–water partition coefficient (Wildman–Crippen LogP) is 4.01. The van der Waals surface area contributed by atoms with Gasteiger partial charge in [0, 0.05) is 12.2 Å². The Kier molecular flexibility index (Phi) is 4.24. The van der Waals surface area contributed by atoms with Crippen LogP contribution in [0.3, 0.4) is 0 Å². The lowest BCUT2D eigenvalue weighted by Crippen LogP contribution is -1.99. The molecule has 0 radical (unpaired) electrons. The number of nitrogens with one attached hydrogen (secondary N) is 1. The fourth-order valence-electron chi connectivity index (χ4n) is 1.83. The van der Waals surface area contributed by atoms with Gasteiger partial charge in [-0.2, -0.15) is 0 Å². The first-order valence-corrected chi connectivity index (χ1v) is 6.30. The van der Waals surface area contributed by atoms with Gasteiger partial charge in [0.2, 0.25) is 0 Å². The SMILES string of the molecule is CCOc1ccc(CNc2cccc(C)c2)cc1. The lowest BCUT2D eigenvalue weighted by molar-refractivity contribution is 0.340. The molecule has 0 aliphatic rings. The van der Waals surface area contributed by atoms with E-state index >= 15 is 0 Å². The zero-order chi connectivity index (χ0) is 12.8. The molecule has 0 saturated heterocycles. The Bertz CT molecular complexity index is 491. The Hall–Kier alpha value is -1.96. The van der Waals surface area contributed by atoms with Crippen molar-refractivity contribution >= 4 is 5.69 Å². The molecule has 0 aliphatic carbocycles. The molecule has 2 heteroatoms. The Morgan fingerprint density at radius 3 is 2.50 bits per heavy atom. The molecule has 0 bridgehead atoms. The van der Waals surface area contributed by atoms with Crippen molar-refractivity contribution in [2.24, 2.45) is 0 Å². The summed E-state index contributed by atoms with van der Waals surface area (Å²) in [5, 5.41) is 3.41. The highest BCUT2D eigenvalue weighted by atomic mass is 16.5. The first-order valence-electron chi connectivity index (χ1n) is 6.30. The van der Waals surface area contributed by atoms with Crippen molar-refractivity contribution in [2.75, 3.05) is 11.9 Å². The third-order valence-corrected chi connectivity index (χ3v) is 2.75. The fraction of sp³-hybridized carbons (Fsp3) is 0.250. The van der Waals surface area contributed by atoms with Crippen molar-refractivity contribution in [3.8, 4) is 5.75 Å². The third kappa shape index (κ3) is 3.52. The molecule has 1 N–H and O–H groups in total. The van der Waals surface area contributed by atoms with Gasteiger partial charge in [-0.25, -0.2) is 0 Å². The van der Waals surface area contributed by atoms with Crippen molar-refractivity contribution in [2.45, 2.75) is 20.4 Å². The van der Waals surface area contributed by atoms with Gasteiger partial charge < -0.3 is 10.1 Å². The highest BCUT2D eigenvalue weighted by Gasteiger charge is 1.96. The zero-order valence-electron chi connectivity index (χ0n) is 10.9. The minimum absolute atomic E-state index is 0.709. The standard InChI is InChI=1S/C16H19NO/c1-3-18-16-9-7-14(8-10-16)12-17-15-6-4-5-13(2)11-15/h4-11,17H,3,12H2,1-2H3. The number of hydrogen-bond acceptors (Lipinski definition) is 2. The van der Waals surface area contributed by atoms with Gasteiger partial charge >= 0.3 is 0 Å². The number of hydrogen-bond donors (Lipinski definition) is 1. The van der Waals surface area contributed by atoms with Gasteiger partial charge in [0.15, 0.2) is 0 Å². The van der Waals surface area contributed by atoms with Crippen molar-refractivity contribution in [1.29, 1.82) is 0 Å². The van der Waals surface area contributed by atoms with Crippen LogP contribution in [0.15, 0.2) is 48.5 Å². The largest absolute Gasteiger partial charge is 0.494 e. The second-order valence-corrected chi connectivity index (χ2v) is 4.30. The van der Waals surface area contributed by atoms with E-state index in [2.05, 4.69) is 48.6 Å². The summed E-state index contributed by atoms with van der Waals surface area (Å²) in [4.78, 5) is 0. The highest BCUT2D eigenvalue weighted by Crippen LogP contribution is 2.14. The van der Waals surface area contributed by atoms with Crippen LogP contribution in [0.1, 0.15) is 18.1 Å². The second kappa shape index (κ2) is 6.10. The van der Waals surface area contributed by atoms with E-state index in [0.717, 1.165) is 18.0 Å². The molecule has 0 amide bonds. The van der Waals surface area contributed by atoms with Crippen LogP contribution in [-0.4, -0.2) is 6.61 Å². The van der Waals surface area contributed by atoms with Gasteiger partial charge in [-0.15, -0.1) is 0 Å². The molecule has 2 rings (SSSR count). The molecule has 0 saturated carbocycles. The van der Waals surface area contributed by atoms with Gasteiger partial charge in [-0.3, -0.25) is 0 Å². The summed E-state index contributed by atoms with van der Waals surface area (Å²) in [5.74, 6) is 0.928. The van der Waals surface area contributed by atoms with Crippen LogP contribution in [0.4, 0.5) is 5.69 Å². The van der Waals surface area contributed by atoms with Gasteiger partial charge in [0.1, 0.15) is 5.75 Å². The molecule has 0 atom stereocenters. The van der Waals surface area contributed by atoms with Crippen molar-refractivity contribution < 1.29 is 4.74 Å². The molecular weight excluding hydrogens is 222 g/mol. The fourth-order valence-corrected chi connectivity index (χ4v) is 1.83. The Balaban J connectivity index is 1.93. The maximum atomic E-state index is 5.42. The Morgan fingerprint density at radius 2 is 1.83 bits per heavy atom. The summed E-state index contributed by atoms with van der Waals surface area (Å²) in [6.45, 7) is 5.63. The second-order valence-electron chi connectivity index (χ2n) is 4.30. The molecule has 0 fully saturated rings. The van der Waals surface area contributed by atoms with Gasteiger partial charge in [-0.05, 0) is 49.2 Å². The van der Waals surface area contributed by atoms with Crippen LogP contribution in [0, 0.1) is 6.92 Å². The lowest BCUT2D eigenvalue weighted by atomic mass is 10.2. The molecule has 2 aromatic rings. The van der Waals surface area contributed by atoms with E-state index < -0.39 is 0 Å². The van der Waals surface area contributed by atoms with E-state index in [1.165, 1.54) is 11.1 Å². The van der Waals surface area contributed by atoms with E-state index in [1.807, 2.05) is 19.1 Å². The summed E-state index contributed by atoms with van der Waals surface area (Å²) in [6.07, 6.45) is 0. The minimum atomic E-state index is 0.709. The molecule has 18 heavy (non-hydrogen) atoms. The summed E-state index contributed by atoms with van der Waals surface area (Å²) in [6, 6.07) is 16.6. The van der Waals surface area contributed by atoms with Crippen LogP contribution in [0.5, 0.6) is 5.75 Å². The number of aryl methyl sites for hydroxylation is 1. The molecular formula is C16H19NO. The number of rotatable bonds is 5. The molecule has 2 aromatic carbocycles. The summed E-state index contributed by atoms with van der Waals surface area (Å²) >= 11 is 0. The normalized spacial score (nSPS) is 10.1. The number of benzene rings is 2. The summed E-state index contributed by atoms with van der Waals surface area (Å²) in [5.41, 5.74) is 3.68. The molecule has 0 heterocycles. The zero-order valence-corrected chi connectivity index (χ0v) is 10.9. The van der Waals surface area contributed by atoms with Gasteiger partial charge in [-0.1, -0.05) is 24.3 Å². The number of ether oxygens (including phenoxy) is 1. The lowest BCUT2D eigenvalue weighted by Gasteiger charge is -2.08. The summed E-state index contributed by atoms with van der Waals surface area (Å²) < 4.78 is 5.42. The predicted molar refractivity (Wildman–Crippen MR) is 76.1 cm³/mol. The minimum Gasteiger partial charge on any atom is -0.494 e. The first kappa shape index (κ1) is 12.5. The molecule has 2 nitrogen and oxygen atoms in total. The molecule has 0 aliphatic heterocycles. The Labute approximate surface area is 109 Å². The highest BCUT2D eigenvalue weighted by molar-refractivity contribution is 5.46. The van der Waals surface area contributed by atoms with Crippen LogP contribution >= 0.6 is 0 Å². The van der Waals surface area contributed by atoms with Crippen molar-refractivity contribution in [3.63, 3.8) is 0 Å². The molecule has 94 valence electrons. The van der Waals surface area contributed by atoms with Crippen LogP contribution < -0.4 is 10.1 Å². The van der Waals surface area contributed by atoms with E-state index in [-0.39, 0.29) is 0 Å². The smallest absolute Gasteiger partial charge is 0.119 e. The molecule has 0 aromatic heterocycles. The maximum absolute atomic E-state index is 5.42. The summed E-state index contributed by atoms with van der Waals surface area (Å²) in [7, 11) is 0.